The van der Waals surface area contributed by atoms with Crippen LogP contribution in [-0.2, 0) is 0 Å². The van der Waals surface area contributed by atoms with E-state index in [1.807, 2.05) is 6.92 Å². The maximum absolute atomic E-state index is 13.0. The second-order valence-electron chi connectivity index (χ2n) is 4.37. The van der Waals surface area contributed by atoms with Gasteiger partial charge in [0.15, 0.2) is 11.6 Å². The number of amides is 1. The van der Waals surface area contributed by atoms with Crippen LogP contribution in [0.25, 0.3) is 0 Å². The van der Waals surface area contributed by atoms with Crippen molar-refractivity contribution >= 4 is 11.6 Å². The molecule has 1 aliphatic rings. The van der Waals surface area contributed by atoms with Crippen LogP contribution in [0.15, 0.2) is 12.1 Å². The quantitative estimate of drug-likeness (QED) is 0.756. The summed E-state index contributed by atoms with van der Waals surface area (Å²) in [4.78, 5) is 11.7. The van der Waals surface area contributed by atoms with Crippen molar-refractivity contribution in [1.82, 2.24) is 5.32 Å². The average molecular weight is 226 g/mol. The molecule has 1 amide bonds. The fourth-order valence-corrected chi connectivity index (χ4v) is 1.41. The van der Waals surface area contributed by atoms with Gasteiger partial charge in [-0.05, 0) is 25.8 Å². The van der Waals surface area contributed by atoms with Gasteiger partial charge in [-0.1, -0.05) is 0 Å². The summed E-state index contributed by atoms with van der Waals surface area (Å²) in [6, 6.07) is 1.64. The van der Waals surface area contributed by atoms with Crippen molar-refractivity contribution in [2.45, 2.75) is 25.3 Å². The number of benzene rings is 1. The molecular weight excluding hydrogens is 214 g/mol. The van der Waals surface area contributed by atoms with Crippen molar-refractivity contribution in [2.24, 2.45) is 0 Å². The molecule has 3 N–H and O–H groups in total. The zero-order chi connectivity index (χ0) is 11.9. The first-order chi connectivity index (χ1) is 7.41. The number of nitrogen functional groups attached to an aromatic ring is 1. The highest BCUT2D eigenvalue weighted by atomic mass is 19.2. The minimum absolute atomic E-state index is 0.0213. The number of carbonyl (C=O) groups is 1. The standard InChI is InChI=1S/C11H12F2N2O/c1-11(2-3-11)15-10(16)6-4-7(12)8(13)5-9(6)14/h4-5H,2-3,14H2,1H3,(H,15,16). The number of hydrogen-bond donors (Lipinski definition) is 2. The van der Waals surface area contributed by atoms with E-state index in [2.05, 4.69) is 5.32 Å². The number of hydrogen-bond acceptors (Lipinski definition) is 2. The van der Waals surface area contributed by atoms with Crippen molar-refractivity contribution in [3.05, 3.63) is 29.3 Å². The van der Waals surface area contributed by atoms with Crippen LogP contribution in [0.1, 0.15) is 30.1 Å². The first kappa shape index (κ1) is 10.9. The molecule has 1 aromatic rings. The largest absolute Gasteiger partial charge is 0.398 e. The number of halogens is 2. The van der Waals surface area contributed by atoms with E-state index < -0.39 is 17.5 Å². The van der Waals surface area contributed by atoms with Gasteiger partial charge in [0.05, 0.1) is 5.56 Å². The molecule has 0 atom stereocenters. The predicted octanol–water partition coefficient (Wildman–Crippen LogP) is 1.83. The van der Waals surface area contributed by atoms with E-state index in [9.17, 15) is 13.6 Å². The molecule has 1 saturated carbocycles. The van der Waals surface area contributed by atoms with Gasteiger partial charge in [0.2, 0.25) is 0 Å². The molecule has 1 aromatic carbocycles. The fourth-order valence-electron chi connectivity index (χ4n) is 1.41. The van der Waals surface area contributed by atoms with E-state index in [1.54, 1.807) is 0 Å². The Balaban J connectivity index is 2.26. The van der Waals surface area contributed by atoms with Gasteiger partial charge in [-0.3, -0.25) is 4.79 Å². The van der Waals surface area contributed by atoms with E-state index in [0.717, 1.165) is 25.0 Å². The third kappa shape index (κ3) is 1.98. The van der Waals surface area contributed by atoms with Gasteiger partial charge in [-0.25, -0.2) is 8.78 Å². The lowest BCUT2D eigenvalue weighted by molar-refractivity contribution is 0.0936. The summed E-state index contributed by atoms with van der Waals surface area (Å²) in [6.45, 7) is 1.89. The monoisotopic (exact) mass is 226 g/mol. The molecule has 0 spiro atoms. The highest BCUT2D eigenvalue weighted by Crippen LogP contribution is 2.34. The topological polar surface area (TPSA) is 55.1 Å². The molecule has 0 unspecified atom stereocenters. The van der Waals surface area contributed by atoms with Gasteiger partial charge in [-0.2, -0.15) is 0 Å². The normalized spacial score (nSPS) is 16.9. The Morgan fingerprint density at radius 1 is 1.38 bits per heavy atom. The summed E-state index contributed by atoms with van der Waals surface area (Å²) < 4.78 is 25.7. The summed E-state index contributed by atoms with van der Waals surface area (Å²) in [5, 5.41) is 2.73. The van der Waals surface area contributed by atoms with Crippen LogP contribution in [0, 0.1) is 11.6 Å². The third-order valence-electron chi connectivity index (χ3n) is 2.75. The van der Waals surface area contributed by atoms with Gasteiger partial charge in [-0.15, -0.1) is 0 Å². The Bertz CT molecular complexity index is 456. The van der Waals surface area contributed by atoms with Crippen LogP contribution in [-0.4, -0.2) is 11.4 Å². The molecular formula is C11H12F2N2O. The van der Waals surface area contributed by atoms with Gasteiger partial charge in [0.25, 0.3) is 5.91 Å². The van der Waals surface area contributed by atoms with E-state index in [-0.39, 0.29) is 16.8 Å². The molecule has 5 heteroatoms. The summed E-state index contributed by atoms with van der Waals surface area (Å²) >= 11 is 0. The Kier molecular flexibility index (Phi) is 2.33. The molecule has 0 saturated heterocycles. The number of anilines is 1. The Morgan fingerprint density at radius 3 is 2.50 bits per heavy atom. The molecule has 16 heavy (non-hydrogen) atoms. The summed E-state index contributed by atoms with van der Waals surface area (Å²) in [7, 11) is 0. The third-order valence-corrected chi connectivity index (χ3v) is 2.75. The summed E-state index contributed by atoms with van der Waals surface area (Å²) in [6.07, 6.45) is 1.78. The number of nitrogens with two attached hydrogens (primary N) is 1. The molecule has 86 valence electrons. The number of rotatable bonds is 2. The first-order valence-corrected chi connectivity index (χ1v) is 4.98. The fraction of sp³-hybridized carbons (Fsp3) is 0.364. The minimum Gasteiger partial charge on any atom is -0.398 e. The van der Waals surface area contributed by atoms with Gasteiger partial charge in [0, 0.05) is 17.3 Å². The molecule has 1 aliphatic carbocycles. The van der Waals surface area contributed by atoms with Crippen molar-refractivity contribution < 1.29 is 13.6 Å². The van der Waals surface area contributed by atoms with Gasteiger partial charge in [0.1, 0.15) is 0 Å². The molecule has 0 aromatic heterocycles. The molecule has 1 fully saturated rings. The van der Waals surface area contributed by atoms with Crippen molar-refractivity contribution in [2.75, 3.05) is 5.73 Å². The van der Waals surface area contributed by atoms with Crippen LogP contribution in [0.3, 0.4) is 0 Å². The molecule has 0 heterocycles. The van der Waals surface area contributed by atoms with Gasteiger partial charge >= 0.3 is 0 Å². The van der Waals surface area contributed by atoms with E-state index in [1.165, 1.54) is 0 Å². The zero-order valence-corrected chi connectivity index (χ0v) is 8.81. The predicted molar refractivity (Wildman–Crippen MR) is 55.9 cm³/mol. The smallest absolute Gasteiger partial charge is 0.253 e. The minimum atomic E-state index is -1.07. The second kappa shape index (κ2) is 3.43. The lowest BCUT2D eigenvalue weighted by Gasteiger charge is -2.12. The maximum atomic E-state index is 13.0. The molecule has 0 radical (unpaired) electrons. The number of carbonyl (C=O) groups excluding carboxylic acids is 1. The van der Waals surface area contributed by atoms with E-state index >= 15 is 0 Å². The van der Waals surface area contributed by atoms with Gasteiger partial charge < -0.3 is 11.1 Å². The summed E-state index contributed by atoms with van der Waals surface area (Å²) in [5.74, 6) is -2.58. The number of nitrogens with one attached hydrogen (secondary N) is 1. The summed E-state index contributed by atoms with van der Waals surface area (Å²) in [5.41, 5.74) is 5.17. The van der Waals surface area contributed by atoms with Crippen molar-refractivity contribution in [1.29, 1.82) is 0 Å². The second-order valence-corrected chi connectivity index (χ2v) is 4.37. The van der Waals surface area contributed by atoms with Crippen LogP contribution < -0.4 is 11.1 Å². The Hall–Kier alpha value is -1.65. The maximum Gasteiger partial charge on any atom is 0.253 e. The van der Waals surface area contributed by atoms with E-state index in [4.69, 9.17) is 5.73 Å². The van der Waals surface area contributed by atoms with Crippen molar-refractivity contribution in [3.8, 4) is 0 Å². The molecule has 0 aliphatic heterocycles. The van der Waals surface area contributed by atoms with Crippen LogP contribution >= 0.6 is 0 Å². The zero-order valence-electron chi connectivity index (χ0n) is 8.81. The first-order valence-electron chi connectivity index (χ1n) is 4.98. The van der Waals surface area contributed by atoms with Crippen LogP contribution in [0.2, 0.25) is 0 Å². The van der Waals surface area contributed by atoms with Crippen LogP contribution in [0.5, 0.6) is 0 Å². The van der Waals surface area contributed by atoms with Crippen molar-refractivity contribution in [3.63, 3.8) is 0 Å². The molecule has 0 bridgehead atoms. The lowest BCUT2D eigenvalue weighted by Crippen LogP contribution is -2.34. The Morgan fingerprint density at radius 2 is 1.94 bits per heavy atom. The van der Waals surface area contributed by atoms with Crippen LogP contribution in [0.4, 0.5) is 14.5 Å². The molecule has 3 nitrogen and oxygen atoms in total. The average Bonchev–Trinajstić information content (AvgIpc) is 2.89. The highest BCUT2D eigenvalue weighted by Gasteiger charge is 2.39. The SMILES string of the molecule is CC1(NC(=O)c2cc(F)c(F)cc2N)CC1. The lowest BCUT2D eigenvalue weighted by atomic mass is 10.1. The Labute approximate surface area is 91.6 Å². The molecule has 2 rings (SSSR count). The highest BCUT2D eigenvalue weighted by molar-refractivity contribution is 5.99. The van der Waals surface area contributed by atoms with E-state index in [0.29, 0.717) is 0 Å².